The summed E-state index contributed by atoms with van der Waals surface area (Å²) in [4.78, 5) is 4.05. The zero-order valence-electron chi connectivity index (χ0n) is 9.68. The summed E-state index contributed by atoms with van der Waals surface area (Å²) in [5, 5.41) is -0.0562. The fourth-order valence-electron chi connectivity index (χ4n) is 1.52. The summed E-state index contributed by atoms with van der Waals surface area (Å²) in [6.07, 6.45) is 0. The Bertz CT molecular complexity index is 676. The van der Waals surface area contributed by atoms with E-state index < -0.39 is 10.2 Å². The molecule has 0 fully saturated rings. The number of imidazole rings is 1. The van der Waals surface area contributed by atoms with Gasteiger partial charge in [-0.25, -0.2) is 4.98 Å². The number of aromatic nitrogens is 2. The first-order valence-corrected chi connectivity index (χ1v) is 6.69. The Morgan fingerprint density at radius 2 is 2.00 bits per heavy atom. The van der Waals surface area contributed by atoms with E-state index in [2.05, 4.69) is 4.98 Å². The second kappa shape index (κ2) is 3.97. The molecule has 0 aliphatic heterocycles. The van der Waals surface area contributed by atoms with Crippen molar-refractivity contribution in [2.24, 2.45) is 0 Å². The average molecular weight is 274 g/mol. The van der Waals surface area contributed by atoms with Gasteiger partial charge in [0, 0.05) is 14.1 Å². The van der Waals surface area contributed by atoms with E-state index in [1.54, 1.807) is 12.1 Å². The molecule has 7 heteroatoms. The maximum Gasteiger partial charge on any atom is 0.309 e. The van der Waals surface area contributed by atoms with Gasteiger partial charge < -0.3 is 0 Å². The van der Waals surface area contributed by atoms with E-state index >= 15 is 0 Å². The molecule has 5 nitrogen and oxygen atoms in total. The highest BCUT2D eigenvalue weighted by Gasteiger charge is 2.23. The van der Waals surface area contributed by atoms with Crippen LogP contribution in [0.2, 0.25) is 5.28 Å². The molecule has 1 heterocycles. The normalized spacial score (nSPS) is 12.5. The molecule has 0 unspecified atom stereocenters. The van der Waals surface area contributed by atoms with Crippen LogP contribution in [0, 0.1) is 6.92 Å². The second-order valence-electron chi connectivity index (χ2n) is 3.93. The summed E-state index contributed by atoms with van der Waals surface area (Å²) in [6, 6.07) is 5.31. The summed E-state index contributed by atoms with van der Waals surface area (Å²) in [7, 11) is -0.748. The van der Waals surface area contributed by atoms with Crippen molar-refractivity contribution in [3.8, 4) is 0 Å². The van der Waals surface area contributed by atoms with Crippen LogP contribution < -0.4 is 0 Å². The van der Waals surface area contributed by atoms with Gasteiger partial charge in [0.15, 0.2) is 0 Å². The first kappa shape index (κ1) is 12.3. The largest absolute Gasteiger partial charge is 0.309 e. The lowest BCUT2D eigenvalue weighted by molar-refractivity contribution is 0.512. The number of hydrogen-bond acceptors (Lipinski definition) is 3. The fraction of sp³-hybridized carbons (Fsp3) is 0.300. The lowest BCUT2D eigenvalue weighted by atomic mass is 10.2. The van der Waals surface area contributed by atoms with Gasteiger partial charge in [-0.2, -0.15) is 16.7 Å². The van der Waals surface area contributed by atoms with Crippen molar-refractivity contribution < 1.29 is 8.42 Å². The topological polar surface area (TPSA) is 55.2 Å². The summed E-state index contributed by atoms with van der Waals surface area (Å²) in [5.41, 5.74) is 2.05. The van der Waals surface area contributed by atoms with E-state index in [4.69, 9.17) is 11.6 Å². The van der Waals surface area contributed by atoms with Gasteiger partial charge in [-0.1, -0.05) is 6.07 Å². The molecule has 17 heavy (non-hydrogen) atoms. The number of halogens is 1. The zero-order chi connectivity index (χ0) is 12.8. The maximum absolute atomic E-state index is 12.1. The van der Waals surface area contributed by atoms with Crippen molar-refractivity contribution in [3.05, 3.63) is 29.0 Å². The van der Waals surface area contributed by atoms with Gasteiger partial charge in [-0.15, -0.1) is 0 Å². The first-order chi connectivity index (χ1) is 7.84. The minimum atomic E-state index is -3.65. The monoisotopic (exact) mass is 273 g/mol. The lowest BCUT2D eigenvalue weighted by Gasteiger charge is -2.13. The van der Waals surface area contributed by atoms with Crippen LogP contribution in [-0.4, -0.2) is 35.8 Å². The third-order valence-electron chi connectivity index (χ3n) is 2.42. The van der Waals surface area contributed by atoms with Crippen molar-refractivity contribution in [3.63, 3.8) is 0 Å². The summed E-state index contributed by atoms with van der Waals surface area (Å²) in [5.74, 6) is 0. The zero-order valence-corrected chi connectivity index (χ0v) is 11.2. The van der Waals surface area contributed by atoms with E-state index in [-0.39, 0.29) is 5.28 Å². The number of hydrogen-bond donors (Lipinski definition) is 0. The Morgan fingerprint density at radius 3 is 2.59 bits per heavy atom. The quantitative estimate of drug-likeness (QED) is 0.836. The number of benzene rings is 1. The molecule has 0 N–H and O–H groups in total. The number of rotatable bonds is 2. The molecular weight excluding hydrogens is 262 g/mol. The maximum atomic E-state index is 12.1. The molecule has 1 aromatic carbocycles. The van der Waals surface area contributed by atoms with E-state index in [1.165, 1.54) is 14.1 Å². The third-order valence-corrected chi connectivity index (χ3v) is 4.53. The van der Waals surface area contributed by atoms with Crippen LogP contribution in [0.5, 0.6) is 0 Å². The van der Waals surface area contributed by atoms with Crippen LogP contribution in [0.1, 0.15) is 5.56 Å². The predicted molar refractivity (Wildman–Crippen MR) is 67.5 cm³/mol. The molecule has 1 aromatic heterocycles. The molecule has 2 rings (SSSR count). The van der Waals surface area contributed by atoms with Gasteiger partial charge in [0.25, 0.3) is 0 Å². The standard InChI is InChI=1S/C10H12ClN3O2S/c1-7-4-5-9-8(6-7)12-10(11)14(9)17(15,16)13(2)3/h4-6H,1-3H3. The fourth-order valence-corrected chi connectivity index (χ4v) is 2.93. The highest BCUT2D eigenvalue weighted by atomic mass is 35.5. The second-order valence-corrected chi connectivity index (χ2v) is 6.26. The molecule has 0 spiro atoms. The molecule has 0 saturated heterocycles. The smallest absolute Gasteiger partial charge is 0.217 e. The number of aryl methyl sites for hydroxylation is 1. The SMILES string of the molecule is Cc1ccc2c(c1)nc(Cl)n2S(=O)(=O)N(C)C. The predicted octanol–water partition coefficient (Wildman–Crippen LogP) is 1.65. The van der Waals surface area contributed by atoms with Gasteiger partial charge in [-0.3, -0.25) is 0 Å². The third kappa shape index (κ3) is 1.92. The van der Waals surface area contributed by atoms with E-state index in [9.17, 15) is 8.42 Å². The Kier molecular flexibility index (Phi) is 2.89. The lowest BCUT2D eigenvalue weighted by Crippen LogP contribution is -2.28. The Labute approximate surface area is 105 Å². The molecular formula is C10H12ClN3O2S. The Hall–Kier alpha value is -1.11. The number of fused-ring (bicyclic) bond motifs is 1. The number of nitrogens with zero attached hydrogens (tertiary/aromatic N) is 3. The van der Waals surface area contributed by atoms with Crippen molar-refractivity contribution in [1.29, 1.82) is 0 Å². The molecule has 0 bridgehead atoms. The molecule has 0 aliphatic carbocycles. The molecule has 2 aromatic rings. The summed E-state index contributed by atoms with van der Waals surface area (Å²) < 4.78 is 26.3. The minimum absolute atomic E-state index is 0.0562. The van der Waals surface area contributed by atoms with Gasteiger partial charge in [-0.05, 0) is 36.2 Å². The molecule has 0 aliphatic rings. The van der Waals surface area contributed by atoms with Crippen LogP contribution >= 0.6 is 11.6 Å². The van der Waals surface area contributed by atoms with Gasteiger partial charge in [0.05, 0.1) is 11.0 Å². The Morgan fingerprint density at radius 1 is 1.35 bits per heavy atom. The molecule has 92 valence electrons. The van der Waals surface area contributed by atoms with Gasteiger partial charge in [0.1, 0.15) is 0 Å². The van der Waals surface area contributed by atoms with Crippen molar-refractivity contribution in [2.75, 3.05) is 14.1 Å². The van der Waals surface area contributed by atoms with E-state index in [1.807, 2.05) is 13.0 Å². The Balaban J connectivity index is 2.83. The van der Waals surface area contributed by atoms with Crippen LogP contribution in [0.3, 0.4) is 0 Å². The van der Waals surface area contributed by atoms with Crippen molar-refractivity contribution in [1.82, 2.24) is 13.3 Å². The summed E-state index contributed by atoms with van der Waals surface area (Å²) >= 11 is 5.89. The van der Waals surface area contributed by atoms with E-state index in [0.717, 1.165) is 13.8 Å². The highest BCUT2D eigenvalue weighted by Crippen LogP contribution is 2.23. The van der Waals surface area contributed by atoms with Crippen LogP contribution in [-0.2, 0) is 10.2 Å². The van der Waals surface area contributed by atoms with Crippen LogP contribution in [0.25, 0.3) is 11.0 Å². The molecule has 0 radical (unpaired) electrons. The highest BCUT2D eigenvalue weighted by molar-refractivity contribution is 7.87. The molecule has 0 amide bonds. The minimum Gasteiger partial charge on any atom is -0.217 e. The van der Waals surface area contributed by atoms with Gasteiger partial charge in [0.2, 0.25) is 5.28 Å². The molecule has 0 atom stereocenters. The summed E-state index contributed by atoms with van der Waals surface area (Å²) in [6.45, 7) is 1.91. The first-order valence-electron chi connectivity index (χ1n) is 4.91. The van der Waals surface area contributed by atoms with Crippen molar-refractivity contribution in [2.45, 2.75) is 6.92 Å². The average Bonchev–Trinajstić information content (AvgIpc) is 2.53. The van der Waals surface area contributed by atoms with Gasteiger partial charge >= 0.3 is 10.2 Å². The van der Waals surface area contributed by atoms with E-state index in [0.29, 0.717) is 11.0 Å². The molecule has 0 saturated carbocycles. The van der Waals surface area contributed by atoms with Crippen LogP contribution in [0.4, 0.5) is 0 Å². The van der Waals surface area contributed by atoms with Crippen LogP contribution in [0.15, 0.2) is 18.2 Å². The van der Waals surface area contributed by atoms with Crippen molar-refractivity contribution >= 4 is 32.8 Å².